The van der Waals surface area contributed by atoms with E-state index in [1.54, 1.807) is 0 Å². The molecule has 0 unspecified atom stereocenters. The molecule has 0 spiro atoms. The van der Waals surface area contributed by atoms with E-state index in [1.807, 2.05) is 18.7 Å². The van der Waals surface area contributed by atoms with Crippen LogP contribution in [0.5, 0.6) is 0 Å². The molecule has 3 fully saturated rings. The molecule has 0 aromatic rings. The van der Waals surface area contributed by atoms with Crippen LogP contribution in [0.1, 0.15) is 72.1 Å². The maximum absolute atomic E-state index is 12.4. The smallest absolute Gasteiger partial charge is 0.347 e. The van der Waals surface area contributed by atoms with Gasteiger partial charge in [0.25, 0.3) is 0 Å². The summed E-state index contributed by atoms with van der Waals surface area (Å²) < 4.78 is 16.2. The number of hydrogen-bond donors (Lipinski definition) is 0. The predicted octanol–water partition coefficient (Wildman–Crippen LogP) is 4.30. The molecule has 2 aliphatic carbocycles. The second-order valence-corrected chi connectivity index (χ2v) is 11.9. The Morgan fingerprint density at radius 2 is 1.61 bits per heavy atom. The maximum Gasteiger partial charge on any atom is 0.347 e. The fraction of sp³-hybridized carbons (Fsp3) is 0.889. The van der Waals surface area contributed by atoms with Crippen LogP contribution >= 0.6 is 11.8 Å². The highest BCUT2D eigenvalue weighted by atomic mass is 32.2. The Labute approximate surface area is 221 Å². The SMILES string of the molecule is CCOC(=O)C1CCC(COC(=O)CO/N=C(/C2CCC(SC)CC2)C(C)(C)N2CCOCC2)CC1. The van der Waals surface area contributed by atoms with Crippen LogP contribution < -0.4 is 0 Å². The van der Waals surface area contributed by atoms with Gasteiger partial charge in [0.15, 0.2) is 0 Å². The zero-order valence-electron chi connectivity index (χ0n) is 22.7. The van der Waals surface area contributed by atoms with E-state index in [2.05, 4.69) is 30.2 Å². The number of oxime groups is 1. The van der Waals surface area contributed by atoms with Crippen LogP contribution in [0, 0.1) is 17.8 Å². The standard InChI is InChI=1S/C27H46N2O6S/c1-5-33-26(31)22-8-6-20(7-9-22)18-34-24(30)19-35-28-25(21-10-12-23(36-4)13-11-21)27(2,3)29-14-16-32-17-15-29/h20-23H,5-19H2,1-4H3/b28-25-. The lowest BCUT2D eigenvalue weighted by molar-refractivity contribution is -0.153. The second-order valence-electron chi connectivity index (χ2n) is 10.8. The Bertz CT molecular complexity index is 724. The van der Waals surface area contributed by atoms with Crippen molar-refractivity contribution in [2.45, 2.75) is 82.9 Å². The molecule has 36 heavy (non-hydrogen) atoms. The minimum absolute atomic E-state index is 0.0196. The van der Waals surface area contributed by atoms with Crippen LogP contribution in [0.3, 0.4) is 0 Å². The number of carbonyl (C=O) groups excluding carboxylic acids is 2. The molecule has 0 radical (unpaired) electrons. The number of morpholine rings is 1. The first kappa shape index (κ1) is 29.2. The Morgan fingerprint density at radius 1 is 0.972 bits per heavy atom. The normalized spacial score (nSPS) is 28.4. The van der Waals surface area contributed by atoms with Crippen molar-refractivity contribution in [1.82, 2.24) is 4.90 Å². The van der Waals surface area contributed by atoms with Gasteiger partial charge in [0.2, 0.25) is 6.61 Å². The van der Waals surface area contributed by atoms with Gasteiger partial charge in [-0.3, -0.25) is 9.69 Å². The van der Waals surface area contributed by atoms with Gasteiger partial charge in [-0.25, -0.2) is 4.79 Å². The Balaban J connectivity index is 1.50. The molecule has 0 amide bonds. The zero-order valence-corrected chi connectivity index (χ0v) is 23.5. The molecule has 9 heteroatoms. The lowest BCUT2D eigenvalue weighted by Gasteiger charge is -2.44. The zero-order chi connectivity index (χ0) is 26.0. The minimum Gasteiger partial charge on any atom is -0.466 e. The van der Waals surface area contributed by atoms with Crippen molar-refractivity contribution in [1.29, 1.82) is 0 Å². The molecule has 0 N–H and O–H groups in total. The van der Waals surface area contributed by atoms with Gasteiger partial charge in [0.1, 0.15) is 0 Å². The summed E-state index contributed by atoms with van der Waals surface area (Å²) in [5.74, 6) is 0.133. The van der Waals surface area contributed by atoms with E-state index in [1.165, 1.54) is 12.8 Å². The van der Waals surface area contributed by atoms with Gasteiger partial charge < -0.3 is 19.0 Å². The molecule has 2 saturated carbocycles. The Hall–Kier alpha value is -1.32. The summed E-state index contributed by atoms with van der Waals surface area (Å²) in [6, 6.07) is 0. The van der Waals surface area contributed by atoms with Gasteiger partial charge >= 0.3 is 11.9 Å². The summed E-state index contributed by atoms with van der Waals surface area (Å²) in [4.78, 5) is 32.4. The van der Waals surface area contributed by atoms with Crippen molar-refractivity contribution in [2.75, 3.05) is 52.4 Å². The summed E-state index contributed by atoms with van der Waals surface area (Å²) in [6.45, 7) is 10.1. The highest BCUT2D eigenvalue weighted by molar-refractivity contribution is 7.99. The van der Waals surface area contributed by atoms with Gasteiger partial charge in [-0.2, -0.15) is 11.8 Å². The van der Waals surface area contributed by atoms with E-state index in [4.69, 9.17) is 19.0 Å². The van der Waals surface area contributed by atoms with Crippen molar-refractivity contribution < 1.29 is 28.6 Å². The summed E-state index contributed by atoms with van der Waals surface area (Å²) in [7, 11) is 0. The second kappa shape index (κ2) is 14.6. The highest BCUT2D eigenvalue weighted by Gasteiger charge is 2.39. The van der Waals surface area contributed by atoms with E-state index in [0.29, 0.717) is 19.1 Å². The van der Waals surface area contributed by atoms with Crippen molar-refractivity contribution in [3.8, 4) is 0 Å². The first-order chi connectivity index (χ1) is 17.3. The van der Waals surface area contributed by atoms with E-state index in [9.17, 15) is 9.59 Å². The molecule has 206 valence electrons. The largest absolute Gasteiger partial charge is 0.466 e. The van der Waals surface area contributed by atoms with Crippen LogP contribution in [-0.2, 0) is 28.6 Å². The Morgan fingerprint density at radius 3 is 2.22 bits per heavy atom. The van der Waals surface area contributed by atoms with E-state index in [-0.39, 0.29) is 35.9 Å². The van der Waals surface area contributed by atoms with Gasteiger partial charge in [-0.1, -0.05) is 5.16 Å². The van der Waals surface area contributed by atoms with Crippen molar-refractivity contribution >= 4 is 29.4 Å². The number of rotatable bonds is 11. The summed E-state index contributed by atoms with van der Waals surface area (Å²) in [5.41, 5.74) is 0.774. The molecular formula is C27H46N2O6S. The average molecular weight is 527 g/mol. The molecule has 0 aromatic carbocycles. The molecule has 1 saturated heterocycles. The topological polar surface area (TPSA) is 86.7 Å². The molecule has 0 bridgehead atoms. The maximum atomic E-state index is 12.4. The third-order valence-corrected chi connectivity index (χ3v) is 9.25. The average Bonchev–Trinajstić information content (AvgIpc) is 2.91. The number of nitrogens with zero attached hydrogens (tertiary/aromatic N) is 2. The van der Waals surface area contributed by atoms with Crippen LogP contribution in [0.25, 0.3) is 0 Å². The van der Waals surface area contributed by atoms with Crippen LogP contribution in [0.4, 0.5) is 0 Å². The number of hydrogen-bond acceptors (Lipinski definition) is 9. The van der Waals surface area contributed by atoms with Crippen LogP contribution in [-0.4, -0.2) is 85.7 Å². The van der Waals surface area contributed by atoms with Gasteiger partial charge in [0.05, 0.1) is 43.6 Å². The molecular weight excluding hydrogens is 480 g/mol. The fourth-order valence-corrected chi connectivity index (χ4v) is 6.52. The highest BCUT2D eigenvalue weighted by Crippen LogP contribution is 2.35. The number of thioether (sulfide) groups is 1. The number of ether oxygens (including phenoxy) is 3. The third kappa shape index (κ3) is 8.35. The Kier molecular flexibility index (Phi) is 11.8. The van der Waals surface area contributed by atoms with Gasteiger partial charge in [0, 0.05) is 24.3 Å². The third-order valence-electron chi connectivity index (χ3n) is 8.11. The summed E-state index contributed by atoms with van der Waals surface area (Å²) in [6.07, 6.45) is 10.1. The molecule has 1 aliphatic heterocycles. The first-order valence-corrected chi connectivity index (χ1v) is 15.0. The van der Waals surface area contributed by atoms with Gasteiger partial charge in [-0.15, -0.1) is 0 Å². The summed E-state index contributed by atoms with van der Waals surface area (Å²) in [5, 5.41) is 5.32. The fourth-order valence-electron chi connectivity index (χ4n) is 5.77. The number of esters is 2. The lowest BCUT2D eigenvalue weighted by atomic mass is 9.78. The molecule has 8 nitrogen and oxygen atoms in total. The monoisotopic (exact) mass is 526 g/mol. The lowest BCUT2D eigenvalue weighted by Crippen LogP contribution is -2.56. The van der Waals surface area contributed by atoms with E-state index < -0.39 is 0 Å². The van der Waals surface area contributed by atoms with Crippen molar-refractivity contribution in [3.05, 3.63) is 0 Å². The van der Waals surface area contributed by atoms with Gasteiger partial charge in [-0.05, 0) is 84.3 Å². The molecule has 1 heterocycles. The van der Waals surface area contributed by atoms with Crippen LogP contribution in [0.15, 0.2) is 5.16 Å². The first-order valence-electron chi connectivity index (χ1n) is 13.7. The predicted molar refractivity (Wildman–Crippen MR) is 142 cm³/mol. The molecule has 3 rings (SSSR count). The minimum atomic E-state index is -0.388. The summed E-state index contributed by atoms with van der Waals surface area (Å²) >= 11 is 1.96. The van der Waals surface area contributed by atoms with E-state index >= 15 is 0 Å². The quantitative estimate of drug-likeness (QED) is 0.224. The molecule has 0 aromatic heterocycles. The van der Waals surface area contributed by atoms with E-state index in [0.717, 1.165) is 75.8 Å². The molecule has 3 aliphatic rings. The molecule has 0 atom stereocenters. The van der Waals surface area contributed by atoms with Crippen molar-refractivity contribution in [3.63, 3.8) is 0 Å². The van der Waals surface area contributed by atoms with Crippen LogP contribution in [0.2, 0.25) is 0 Å². The number of carbonyl (C=O) groups is 2. The van der Waals surface area contributed by atoms with Crippen molar-refractivity contribution in [2.24, 2.45) is 22.9 Å².